The number of hydrogen-bond acceptors (Lipinski definition) is 4. The minimum atomic E-state index is -4.44. The van der Waals surface area contributed by atoms with Gasteiger partial charge in [0, 0.05) is 21.9 Å². The Morgan fingerprint density at radius 3 is 2.41 bits per heavy atom. The van der Waals surface area contributed by atoms with Gasteiger partial charge < -0.3 is 4.42 Å². The summed E-state index contributed by atoms with van der Waals surface area (Å²) in [5.74, 6) is -0.365. The predicted octanol–water partition coefficient (Wildman–Crippen LogP) is 4.69. The van der Waals surface area contributed by atoms with Crippen molar-refractivity contribution in [2.75, 3.05) is 6.54 Å². The third-order valence-electron chi connectivity index (χ3n) is 3.80. The van der Waals surface area contributed by atoms with Crippen molar-refractivity contribution >= 4 is 21.4 Å². The molecule has 0 bridgehead atoms. The van der Waals surface area contributed by atoms with E-state index in [1.54, 1.807) is 23.9 Å². The van der Waals surface area contributed by atoms with E-state index >= 15 is 0 Å². The summed E-state index contributed by atoms with van der Waals surface area (Å²) in [4.78, 5) is 2.05. The van der Waals surface area contributed by atoms with Gasteiger partial charge in [0.05, 0.1) is 23.8 Å². The maximum absolute atomic E-state index is 12.5. The van der Waals surface area contributed by atoms with E-state index in [2.05, 4.69) is 4.72 Å². The lowest BCUT2D eigenvalue weighted by Crippen LogP contribution is -2.27. The van der Waals surface area contributed by atoms with Crippen molar-refractivity contribution in [2.45, 2.75) is 18.3 Å². The maximum atomic E-state index is 12.5. The molecule has 0 aliphatic carbocycles. The van der Waals surface area contributed by atoms with Crippen LogP contribution in [0.3, 0.4) is 0 Å². The van der Waals surface area contributed by atoms with E-state index in [1.807, 2.05) is 18.2 Å². The van der Waals surface area contributed by atoms with Gasteiger partial charge in [-0.1, -0.05) is 12.1 Å². The largest absolute Gasteiger partial charge is 0.472 e. The Labute approximate surface area is 158 Å². The molecule has 27 heavy (non-hydrogen) atoms. The normalized spacial score (nSPS) is 12.4. The Hall–Kier alpha value is -2.10. The zero-order valence-electron chi connectivity index (χ0n) is 14.0. The van der Waals surface area contributed by atoms with Gasteiger partial charge in [-0.3, -0.25) is 0 Å². The molecule has 0 spiro atoms. The predicted molar refractivity (Wildman–Crippen MR) is 97.8 cm³/mol. The molecule has 1 N–H and O–H groups in total. The van der Waals surface area contributed by atoms with Crippen LogP contribution in [0, 0.1) is 0 Å². The fraction of sp³-hybridized carbons (Fsp3) is 0.222. The SMILES string of the molecule is O=S(=O)(Cc1ccc(C(F)(F)F)cc1)NCCc1ccc(-c2ccoc2)s1. The number of alkyl halides is 3. The molecule has 0 saturated carbocycles. The molecule has 144 valence electrons. The molecule has 0 amide bonds. The second-order valence-corrected chi connectivity index (χ2v) is 8.85. The smallest absolute Gasteiger partial charge is 0.416 e. The van der Waals surface area contributed by atoms with Crippen LogP contribution in [0.5, 0.6) is 0 Å². The molecule has 0 fully saturated rings. The summed E-state index contributed by atoms with van der Waals surface area (Å²) in [5.41, 5.74) is 0.464. The summed E-state index contributed by atoms with van der Waals surface area (Å²) in [6.07, 6.45) is -0.688. The van der Waals surface area contributed by atoms with Crippen molar-refractivity contribution in [1.29, 1.82) is 0 Å². The molecule has 9 heteroatoms. The maximum Gasteiger partial charge on any atom is 0.416 e. The molecule has 0 aliphatic heterocycles. The summed E-state index contributed by atoms with van der Waals surface area (Å²) in [6.45, 7) is 0.217. The van der Waals surface area contributed by atoms with Crippen molar-refractivity contribution in [1.82, 2.24) is 4.72 Å². The van der Waals surface area contributed by atoms with E-state index in [9.17, 15) is 21.6 Å². The summed E-state index contributed by atoms with van der Waals surface area (Å²) in [6, 6.07) is 9.85. The van der Waals surface area contributed by atoms with E-state index in [1.165, 1.54) is 12.1 Å². The van der Waals surface area contributed by atoms with Crippen LogP contribution >= 0.6 is 11.3 Å². The Bertz CT molecular complexity index is 976. The summed E-state index contributed by atoms with van der Waals surface area (Å²) in [5, 5.41) is 0. The number of sulfonamides is 1. The van der Waals surface area contributed by atoms with Crippen molar-refractivity contribution in [3.05, 3.63) is 71.0 Å². The lowest BCUT2D eigenvalue weighted by molar-refractivity contribution is -0.137. The van der Waals surface area contributed by atoms with Gasteiger partial charge in [-0.15, -0.1) is 11.3 Å². The van der Waals surface area contributed by atoms with Gasteiger partial charge in [0.25, 0.3) is 0 Å². The van der Waals surface area contributed by atoms with Gasteiger partial charge in [0.1, 0.15) is 0 Å². The van der Waals surface area contributed by atoms with Crippen molar-refractivity contribution < 1.29 is 26.0 Å². The molecule has 2 heterocycles. The third-order valence-corrected chi connectivity index (χ3v) is 6.35. The number of nitrogens with one attached hydrogen (secondary N) is 1. The minimum absolute atomic E-state index is 0.217. The van der Waals surface area contributed by atoms with Gasteiger partial charge in [-0.25, -0.2) is 13.1 Å². The van der Waals surface area contributed by atoms with E-state index in [0.29, 0.717) is 12.0 Å². The average Bonchev–Trinajstić information content (AvgIpc) is 3.25. The van der Waals surface area contributed by atoms with Gasteiger partial charge in [0.2, 0.25) is 10.0 Å². The number of rotatable bonds is 7. The third kappa shape index (κ3) is 5.44. The highest BCUT2D eigenvalue weighted by atomic mass is 32.2. The molecule has 1 aromatic carbocycles. The number of furan rings is 1. The van der Waals surface area contributed by atoms with Crippen LogP contribution in [0.25, 0.3) is 10.4 Å². The highest BCUT2D eigenvalue weighted by Crippen LogP contribution is 2.30. The number of benzene rings is 1. The molecule has 0 radical (unpaired) electrons. The van der Waals surface area contributed by atoms with Crippen LogP contribution in [0.2, 0.25) is 0 Å². The molecule has 0 saturated heterocycles. The van der Waals surface area contributed by atoms with Crippen LogP contribution in [0.4, 0.5) is 13.2 Å². The zero-order chi connectivity index (χ0) is 19.5. The number of thiophene rings is 1. The van der Waals surface area contributed by atoms with E-state index in [-0.39, 0.29) is 12.3 Å². The second-order valence-electron chi connectivity index (χ2n) is 5.88. The topological polar surface area (TPSA) is 59.3 Å². The summed E-state index contributed by atoms with van der Waals surface area (Å²) in [7, 11) is -3.63. The lowest BCUT2D eigenvalue weighted by Gasteiger charge is -2.09. The first kappa shape index (κ1) is 19.7. The summed E-state index contributed by atoms with van der Waals surface area (Å²) >= 11 is 1.55. The number of hydrogen-bond donors (Lipinski definition) is 1. The molecule has 3 rings (SSSR count). The first-order chi connectivity index (χ1) is 12.7. The van der Waals surface area contributed by atoms with Crippen molar-refractivity contribution in [3.8, 4) is 10.4 Å². The van der Waals surface area contributed by atoms with Crippen molar-refractivity contribution in [2.24, 2.45) is 0 Å². The van der Waals surface area contributed by atoms with Crippen LogP contribution in [0.15, 0.2) is 59.4 Å². The Morgan fingerprint density at radius 1 is 1.04 bits per heavy atom. The molecule has 3 aromatic rings. The second kappa shape index (κ2) is 7.87. The zero-order valence-corrected chi connectivity index (χ0v) is 15.6. The Morgan fingerprint density at radius 2 is 1.78 bits per heavy atom. The van der Waals surface area contributed by atoms with Gasteiger partial charge in [-0.05, 0) is 42.3 Å². The Kier molecular flexibility index (Phi) is 5.73. The lowest BCUT2D eigenvalue weighted by atomic mass is 10.1. The molecule has 4 nitrogen and oxygen atoms in total. The molecule has 0 unspecified atom stereocenters. The first-order valence-corrected chi connectivity index (χ1v) is 10.4. The van der Waals surface area contributed by atoms with Crippen molar-refractivity contribution in [3.63, 3.8) is 0 Å². The van der Waals surface area contributed by atoms with Gasteiger partial charge in [-0.2, -0.15) is 13.2 Å². The Balaban J connectivity index is 1.53. The van der Waals surface area contributed by atoms with E-state index in [0.717, 1.165) is 27.5 Å². The van der Waals surface area contributed by atoms with Gasteiger partial charge >= 0.3 is 6.18 Å². The standard InChI is InChI=1S/C18H16F3NO3S2/c19-18(20,21)15-3-1-13(2-4-15)12-27(23,24)22-9-7-16-5-6-17(26-16)14-8-10-25-11-14/h1-6,8,10-11,22H,7,9,12H2. The molecular weight excluding hydrogens is 399 g/mol. The van der Waals surface area contributed by atoms with Crippen LogP contribution in [-0.4, -0.2) is 15.0 Å². The van der Waals surface area contributed by atoms with Crippen LogP contribution in [0.1, 0.15) is 16.0 Å². The van der Waals surface area contributed by atoms with E-state index < -0.39 is 21.8 Å². The van der Waals surface area contributed by atoms with E-state index in [4.69, 9.17) is 4.42 Å². The van der Waals surface area contributed by atoms with Gasteiger partial charge in [0.15, 0.2) is 0 Å². The fourth-order valence-corrected chi connectivity index (χ4v) is 4.60. The minimum Gasteiger partial charge on any atom is -0.472 e. The molecule has 2 aromatic heterocycles. The highest BCUT2D eigenvalue weighted by Gasteiger charge is 2.30. The average molecular weight is 415 g/mol. The monoisotopic (exact) mass is 415 g/mol. The highest BCUT2D eigenvalue weighted by molar-refractivity contribution is 7.88. The molecule has 0 aliphatic rings. The molecule has 0 atom stereocenters. The molecular formula is C18H16F3NO3S2. The summed E-state index contributed by atoms with van der Waals surface area (Å²) < 4.78 is 69.4. The van der Waals surface area contributed by atoms with Crippen LogP contribution < -0.4 is 4.72 Å². The van der Waals surface area contributed by atoms with Crippen LogP contribution in [-0.2, 0) is 28.4 Å². The quantitative estimate of drug-likeness (QED) is 0.609. The fourth-order valence-electron chi connectivity index (χ4n) is 2.46. The first-order valence-electron chi connectivity index (χ1n) is 7.98. The number of halogens is 3.